The molecule has 0 unspecified atom stereocenters. The van der Waals surface area contributed by atoms with Gasteiger partial charge in [-0.2, -0.15) is 0 Å². The molecule has 0 bridgehead atoms. The van der Waals surface area contributed by atoms with Gasteiger partial charge in [-0.25, -0.2) is 4.98 Å². The number of ether oxygens (including phenoxy) is 3. The van der Waals surface area contributed by atoms with Crippen LogP contribution in [0.5, 0.6) is 17.2 Å². The van der Waals surface area contributed by atoms with Crippen molar-refractivity contribution in [3.05, 3.63) is 86.2 Å². The lowest BCUT2D eigenvalue weighted by Crippen LogP contribution is -3.00. The second kappa shape index (κ2) is 16.7. The van der Waals surface area contributed by atoms with Crippen LogP contribution in [0.2, 0.25) is 0 Å². The third-order valence-corrected chi connectivity index (χ3v) is 9.20. The van der Waals surface area contributed by atoms with E-state index in [2.05, 4.69) is 78.2 Å². The van der Waals surface area contributed by atoms with E-state index in [0.717, 1.165) is 43.3 Å². The van der Waals surface area contributed by atoms with Crippen molar-refractivity contribution in [2.45, 2.75) is 77.4 Å². The number of halogens is 1. The van der Waals surface area contributed by atoms with Crippen molar-refractivity contribution < 1.29 is 35.7 Å². The van der Waals surface area contributed by atoms with Gasteiger partial charge in [0.15, 0.2) is 16.7 Å². The Balaban J connectivity index is 0.00000576. The van der Waals surface area contributed by atoms with Crippen LogP contribution in [0.1, 0.15) is 59.1 Å². The average Bonchev–Trinajstić information content (AvgIpc) is 2.96. The number of thioether (sulfide) groups is 1. The normalized spacial score (nSPS) is 11.4. The number of aryl methyl sites for hydroxylation is 4. The minimum Gasteiger partial charge on any atom is -1.00 e. The van der Waals surface area contributed by atoms with E-state index in [1.54, 1.807) is 39.2 Å². The lowest BCUT2D eigenvalue weighted by atomic mass is 10.1. The molecule has 4 aromatic rings. The zero-order valence-corrected chi connectivity index (χ0v) is 31.4. The van der Waals surface area contributed by atoms with Crippen LogP contribution in [0.15, 0.2) is 52.4 Å². The molecule has 0 saturated heterocycles. The maximum Gasteiger partial charge on any atom is 0.262 e. The van der Waals surface area contributed by atoms with Crippen molar-refractivity contribution in [2.75, 3.05) is 42.0 Å². The number of hydrogen-bond acceptors (Lipinski definition) is 6. The maximum atomic E-state index is 14.0. The molecule has 4 rings (SSSR count). The summed E-state index contributed by atoms with van der Waals surface area (Å²) in [6.45, 7) is 11.3. The maximum absolute atomic E-state index is 14.0. The number of benzene rings is 3. The number of methoxy groups -OCH3 is 3. The first-order chi connectivity index (χ1) is 21.4. The largest absolute Gasteiger partial charge is 1.00 e. The Bertz CT molecular complexity index is 1660. The SMILES string of the molecule is COc1cc2c(=O)n(CCCCCC[N+](C)(C)Cc3cc(C)cc(C)c3)c(SCc3cc(C)cc(C)c3)nc2c(OC)c1OC.[Br-]. The van der Waals surface area contributed by atoms with Gasteiger partial charge in [0.05, 0.1) is 47.4 Å². The highest BCUT2D eigenvalue weighted by atomic mass is 79.9. The first-order valence-corrected chi connectivity index (χ1v) is 16.8. The lowest BCUT2D eigenvalue weighted by Gasteiger charge is -2.30. The number of aromatic nitrogens is 2. The minimum absolute atomic E-state index is 0. The van der Waals surface area contributed by atoms with Crippen LogP contribution in [0.25, 0.3) is 10.9 Å². The number of fused-ring (bicyclic) bond motifs is 1. The zero-order chi connectivity index (χ0) is 32.7. The molecule has 3 aromatic carbocycles. The molecule has 0 aliphatic carbocycles. The van der Waals surface area contributed by atoms with Crippen LogP contribution in [-0.4, -0.2) is 56.0 Å². The molecule has 0 radical (unpaired) electrons. The van der Waals surface area contributed by atoms with Crippen molar-refractivity contribution in [3.63, 3.8) is 0 Å². The molecule has 0 atom stereocenters. The van der Waals surface area contributed by atoms with E-state index in [-0.39, 0.29) is 22.5 Å². The van der Waals surface area contributed by atoms with Crippen molar-refractivity contribution in [1.29, 1.82) is 0 Å². The molecule has 250 valence electrons. The molecule has 0 aliphatic rings. The standard InChI is InChI=1S/C37H50N3O4S.BrH/c1-25-16-26(2)19-29(18-25)23-40(5,6)15-13-11-10-12-14-39-36(41)31-22-32(42-7)34(43-8)35(44-9)33(31)38-37(39)45-24-30-20-27(3)17-28(4)21-30;/h16-22H,10-15,23-24H2,1-9H3;1H/q+1;/p-1. The zero-order valence-electron chi connectivity index (χ0n) is 29.0. The molecular formula is C37H50BrN3O4S. The van der Waals surface area contributed by atoms with Crippen molar-refractivity contribution in [3.8, 4) is 17.2 Å². The van der Waals surface area contributed by atoms with E-state index in [1.807, 2.05) is 4.57 Å². The molecule has 0 amide bonds. The van der Waals surface area contributed by atoms with Crippen LogP contribution in [0, 0.1) is 27.7 Å². The van der Waals surface area contributed by atoms with Crippen LogP contribution in [0.3, 0.4) is 0 Å². The fourth-order valence-corrected chi connectivity index (χ4v) is 7.26. The van der Waals surface area contributed by atoms with E-state index in [4.69, 9.17) is 19.2 Å². The van der Waals surface area contributed by atoms with Gasteiger partial charge in [0, 0.05) is 17.9 Å². The van der Waals surface area contributed by atoms with Gasteiger partial charge in [-0.3, -0.25) is 9.36 Å². The van der Waals surface area contributed by atoms with Gasteiger partial charge in [-0.05, 0) is 58.6 Å². The van der Waals surface area contributed by atoms with Gasteiger partial charge in [0.2, 0.25) is 5.75 Å². The fourth-order valence-electron chi connectivity index (χ4n) is 6.31. The smallest absolute Gasteiger partial charge is 0.262 e. The Morgan fingerprint density at radius 3 is 1.87 bits per heavy atom. The van der Waals surface area contributed by atoms with Crippen LogP contribution >= 0.6 is 11.8 Å². The fraction of sp³-hybridized carbons (Fsp3) is 0.459. The molecule has 9 heteroatoms. The Kier molecular flexibility index (Phi) is 13.6. The van der Waals surface area contributed by atoms with E-state index in [0.29, 0.717) is 45.6 Å². The monoisotopic (exact) mass is 711 g/mol. The van der Waals surface area contributed by atoms with E-state index >= 15 is 0 Å². The molecule has 0 aliphatic heterocycles. The predicted octanol–water partition coefficient (Wildman–Crippen LogP) is 4.79. The highest BCUT2D eigenvalue weighted by Gasteiger charge is 2.22. The third-order valence-electron chi connectivity index (χ3n) is 8.15. The third kappa shape index (κ3) is 9.52. The Morgan fingerprint density at radius 2 is 1.30 bits per heavy atom. The van der Waals surface area contributed by atoms with E-state index in [1.165, 1.54) is 33.4 Å². The summed E-state index contributed by atoms with van der Waals surface area (Å²) in [7, 11) is 9.31. The summed E-state index contributed by atoms with van der Waals surface area (Å²) in [6, 6.07) is 15.1. The van der Waals surface area contributed by atoms with Gasteiger partial charge < -0.3 is 35.7 Å². The van der Waals surface area contributed by atoms with Crippen molar-refractivity contribution >= 4 is 22.7 Å². The van der Waals surface area contributed by atoms with Crippen LogP contribution < -0.4 is 36.8 Å². The topological polar surface area (TPSA) is 62.6 Å². The second-order valence-corrected chi connectivity index (χ2v) is 13.8. The van der Waals surface area contributed by atoms with Gasteiger partial charge >= 0.3 is 0 Å². The second-order valence-electron chi connectivity index (χ2n) is 12.9. The quantitative estimate of drug-likeness (QED) is 0.0766. The summed E-state index contributed by atoms with van der Waals surface area (Å²) in [5.41, 5.74) is 8.11. The molecule has 0 N–H and O–H groups in total. The molecular weight excluding hydrogens is 662 g/mol. The molecule has 46 heavy (non-hydrogen) atoms. The van der Waals surface area contributed by atoms with Crippen molar-refractivity contribution in [1.82, 2.24) is 9.55 Å². The number of quaternary nitrogens is 1. The van der Waals surface area contributed by atoms with Gasteiger partial charge in [0.25, 0.3) is 5.56 Å². The Hall–Kier alpha value is -3.01. The minimum atomic E-state index is -0.0894. The number of rotatable bonds is 15. The molecule has 1 aromatic heterocycles. The molecule has 0 spiro atoms. The summed E-state index contributed by atoms with van der Waals surface area (Å²) in [5.74, 6) is 2.00. The summed E-state index contributed by atoms with van der Waals surface area (Å²) < 4.78 is 19.7. The lowest BCUT2D eigenvalue weighted by molar-refractivity contribution is -0.903. The predicted molar refractivity (Wildman–Crippen MR) is 186 cm³/mol. The number of nitrogens with zero attached hydrogens (tertiary/aromatic N) is 3. The average molecular weight is 713 g/mol. The van der Waals surface area contributed by atoms with Gasteiger partial charge in [0.1, 0.15) is 12.1 Å². The Labute approximate surface area is 289 Å². The Morgan fingerprint density at radius 1 is 0.739 bits per heavy atom. The summed E-state index contributed by atoms with van der Waals surface area (Å²) in [5, 5.41) is 1.15. The van der Waals surface area contributed by atoms with E-state index in [9.17, 15) is 4.79 Å². The first-order valence-electron chi connectivity index (χ1n) is 15.8. The first kappa shape index (κ1) is 37.4. The number of unbranched alkanes of at least 4 members (excludes halogenated alkanes) is 3. The molecule has 0 fully saturated rings. The van der Waals surface area contributed by atoms with Gasteiger partial charge in [-0.1, -0.05) is 76.8 Å². The molecule has 0 saturated carbocycles. The summed E-state index contributed by atoms with van der Waals surface area (Å²) >= 11 is 1.59. The van der Waals surface area contributed by atoms with Crippen LogP contribution in [-0.2, 0) is 18.8 Å². The van der Waals surface area contributed by atoms with E-state index < -0.39 is 0 Å². The van der Waals surface area contributed by atoms with Crippen molar-refractivity contribution in [2.24, 2.45) is 0 Å². The highest BCUT2D eigenvalue weighted by Crippen LogP contribution is 2.42. The molecule has 7 nitrogen and oxygen atoms in total. The van der Waals surface area contributed by atoms with Crippen LogP contribution in [0.4, 0.5) is 0 Å². The summed E-state index contributed by atoms with van der Waals surface area (Å²) in [4.78, 5) is 19.0. The summed E-state index contributed by atoms with van der Waals surface area (Å²) in [6.07, 6.45) is 4.21. The number of hydrogen-bond donors (Lipinski definition) is 0. The van der Waals surface area contributed by atoms with Gasteiger partial charge in [-0.15, -0.1) is 0 Å². The highest BCUT2D eigenvalue weighted by molar-refractivity contribution is 7.98. The molecule has 1 heterocycles.